The van der Waals surface area contributed by atoms with Gasteiger partial charge in [0.05, 0.1) is 6.10 Å². The van der Waals surface area contributed by atoms with Crippen LogP contribution in [-0.4, -0.2) is 11.2 Å². The number of rotatable bonds is 3. The van der Waals surface area contributed by atoms with Crippen molar-refractivity contribution in [2.45, 2.75) is 52.1 Å². The first kappa shape index (κ1) is 13.9. The highest BCUT2D eigenvalue weighted by atomic mass is 35.5. The number of halogens is 1. The SMILES string of the molecule is CC1(C)CCCCC1C(O)Cc1ccc(Cl)cc1. The Morgan fingerprint density at radius 3 is 2.56 bits per heavy atom. The molecule has 2 rings (SSSR count). The Morgan fingerprint density at radius 2 is 1.94 bits per heavy atom. The summed E-state index contributed by atoms with van der Waals surface area (Å²) in [6.45, 7) is 4.59. The van der Waals surface area contributed by atoms with Gasteiger partial charge in [0, 0.05) is 5.02 Å². The second kappa shape index (κ2) is 5.63. The first-order valence-electron chi connectivity index (χ1n) is 6.91. The molecule has 1 aromatic rings. The highest BCUT2D eigenvalue weighted by Crippen LogP contribution is 2.42. The van der Waals surface area contributed by atoms with Gasteiger partial charge in [-0.25, -0.2) is 0 Å². The molecule has 0 spiro atoms. The Balaban J connectivity index is 2.02. The van der Waals surface area contributed by atoms with Gasteiger partial charge in [-0.15, -0.1) is 0 Å². The third-order valence-corrected chi connectivity index (χ3v) is 4.66. The first-order valence-corrected chi connectivity index (χ1v) is 7.29. The fourth-order valence-electron chi connectivity index (χ4n) is 3.24. The molecule has 100 valence electrons. The lowest BCUT2D eigenvalue weighted by Crippen LogP contribution is -2.37. The molecular weight excluding hydrogens is 244 g/mol. The zero-order chi connectivity index (χ0) is 13.2. The van der Waals surface area contributed by atoms with Crippen LogP contribution in [0, 0.1) is 11.3 Å². The van der Waals surface area contributed by atoms with E-state index in [2.05, 4.69) is 13.8 Å². The second-order valence-corrected chi connectivity index (χ2v) is 6.68. The molecule has 1 aliphatic rings. The molecule has 2 heteroatoms. The summed E-state index contributed by atoms with van der Waals surface area (Å²) in [4.78, 5) is 0. The summed E-state index contributed by atoms with van der Waals surface area (Å²) < 4.78 is 0. The van der Waals surface area contributed by atoms with Crippen LogP contribution < -0.4 is 0 Å². The van der Waals surface area contributed by atoms with Gasteiger partial charge in [0.15, 0.2) is 0 Å². The third-order valence-electron chi connectivity index (χ3n) is 4.41. The summed E-state index contributed by atoms with van der Waals surface area (Å²) in [6.07, 6.45) is 5.45. The standard InChI is InChI=1S/C16H23ClO/c1-16(2)10-4-3-5-14(16)15(18)11-12-6-8-13(17)9-7-12/h6-9,14-15,18H,3-5,10-11H2,1-2H3. The minimum absolute atomic E-state index is 0.235. The monoisotopic (exact) mass is 266 g/mol. The van der Waals surface area contributed by atoms with Crippen molar-refractivity contribution >= 4 is 11.6 Å². The van der Waals surface area contributed by atoms with Crippen molar-refractivity contribution in [1.82, 2.24) is 0 Å². The van der Waals surface area contributed by atoms with E-state index < -0.39 is 0 Å². The van der Waals surface area contributed by atoms with Crippen molar-refractivity contribution < 1.29 is 5.11 Å². The third kappa shape index (κ3) is 3.27. The molecule has 1 aromatic carbocycles. The maximum Gasteiger partial charge on any atom is 0.0613 e. The molecule has 0 radical (unpaired) electrons. The van der Waals surface area contributed by atoms with Crippen LogP contribution in [0.2, 0.25) is 5.02 Å². The number of aliphatic hydroxyl groups excluding tert-OH is 1. The fraction of sp³-hybridized carbons (Fsp3) is 0.625. The molecule has 0 saturated heterocycles. The summed E-state index contributed by atoms with van der Waals surface area (Å²) in [5.74, 6) is 0.418. The molecule has 0 amide bonds. The van der Waals surface area contributed by atoms with Crippen LogP contribution in [0.25, 0.3) is 0 Å². The van der Waals surface area contributed by atoms with Crippen molar-refractivity contribution in [2.75, 3.05) is 0 Å². The normalized spacial score (nSPS) is 24.8. The maximum absolute atomic E-state index is 10.5. The molecule has 0 bridgehead atoms. The fourth-order valence-corrected chi connectivity index (χ4v) is 3.36. The van der Waals surface area contributed by atoms with Crippen LogP contribution in [0.4, 0.5) is 0 Å². The predicted molar refractivity (Wildman–Crippen MR) is 76.9 cm³/mol. The molecule has 1 aliphatic carbocycles. The largest absolute Gasteiger partial charge is 0.392 e. The Hall–Kier alpha value is -0.530. The lowest BCUT2D eigenvalue weighted by atomic mass is 9.66. The van der Waals surface area contributed by atoms with Crippen molar-refractivity contribution in [2.24, 2.45) is 11.3 Å². The zero-order valence-electron chi connectivity index (χ0n) is 11.3. The van der Waals surface area contributed by atoms with Crippen molar-refractivity contribution in [3.8, 4) is 0 Å². The van der Waals surface area contributed by atoms with Gasteiger partial charge in [-0.2, -0.15) is 0 Å². The molecule has 2 atom stereocenters. The van der Waals surface area contributed by atoms with Crippen LogP contribution in [0.3, 0.4) is 0 Å². The van der Waals surface area contributed by atoms with E-state index in [1.54, 1.807) is 0 Å². The van der Waals surface area contributed by atoms with E-state index in [-0.39, 0.29) is 11.5 Å². The molecule has 18 heavy (non-hydrogen) atoms. The van der Waals surface area contributed by atoms with E-state index in [9.17, 15) is 5.11 Å². The van der Waals surface area contributed by atoms with Crippen LogP contribution >= 0.6 is 11.6 Å². The molecule has 0 aliphatic heterocycles. The van der Waals surface area contributed by atoms with Gasteiger partial charge in [0.2, 0.25) is 0 Å². The average Bonchev–Trinajstić information content (AvgIpc) is 2.31. The average molecular weight is 267 g/mol. The van der Waals surface area contributed by atoms with Crippen molar-refractivity contribution in [3.05, 3.63) is 34.9 Å². The van der Waals surface area contributed by atoms with Crippen LogP contribution in [0.5, 0.6) is 0 Å². The number of hydrogen-bond donors (Lipinski definition) is 1. The molecule has 1 nitrogen and oxygen atoms in total. The Bertz CT molecular complexity index is 383. The van der Waals surface area contributed by atoms with Gasteiger partial charge in [-0.05, 0) is 48.3 Å². The summed E-state index contributed by atoms with van der Waals surface area (Å²) in [7, 11) is 0. The van der Waals surface area contributed by atoms with Gasteiger partial charge < -0.3 is 5.11 Å². The second-order valence-electron chi connectivity index (χ2n) is 6.24. The lowest BCUT2D eigenvalue weighted by molar-refractivity contribution is 0.00581. The van der Waals surface area contributed by atoms with E-state index in [1.807, 2.05) is 24.3 Å². The number of aliphatic hydroxyl groups is 1. The van der Waals surface area contributed by atoms with E-state index in [0.29, 0.717) is 5.92 Å². The Labute approximate surface area is 115 Å². The molecule has 1 N–H and O–H groups in total. The number of benzene rings is 1. The van der Waals surface area contributed by atoms with Crippen LogP contribution in [-0.2, 0) is 6.42 Å². The summed E-state index contributed by atoms with van der Waals surface area (Å²) >= 11 is 5.88. The maximum atomic E-state index is 10.5. The predicted octanol–water partition coefficient (Wildman–Crippen LogP) is 4.46. The highest BCUT2D eigenvalue weighted by Gasteiger charge is 2.36. The van der Waals surface area contributed by atoms with E-state index in [0.717, 1.165) is 17.9 Å². The summed E-state index contributed by atoms with van der Waals surface area (Å²) in [5.41, 5.74) is 1.44. The molecule has 2 unspecified atom stereocenters. The minimum Gasteiger partial charge on any atom is -0.392 e. The molecule has 0 aromatic heterocycles. The Kier molecular flexibility index (Phi) is 4.34. The zero-order valence-corrected chi connectivity index (χ0v) is 12.1. The first-order chi connectivity index (χ1) is 8.49. The van der Waals surface area contributed by atoms with Crippen molar-refractivity contribution in [1.29, 1.82) is 0 Å². The van der Waals surface area contributed by atoms with E-state index in [4.69, 9.17) is 11.6 Å². The quantitative estimate of drug-likeness (QED) is 0.856. The lowest BCUT2D eigenvalue weighted by Gasteiger charge is -2.41. The van der Waals surface area contributed by atoms with E-state index >= 15 is 0 Å². The highest BCUT2D eigenvalue weighted by molar-refractivity contribution is 6.30. The molecular formula is C16H23ClO. The topological polar surface area (TPSA) is 20.2 Å². The minimum atomic E-state index is -0.235. The molecule has 0 heterocycles. The smallest absolute Gasteiger partial charge is 0.0613 e. The number of hydrogen-bond acceptors (Lipinski definition) is 1. The Morgan fingerprint density at radius 1 is 1.28 bits per heavy atom. The van der Waals surface area contributed by atoms with E-state index in [1.165, 1.54) is 24.8 Å². The van der Waals surface area contributed by atoms with Crippen LogP contribution in [0.15, 0.2) is 24.3 Å². The summed E-state index contributed by atoms with van der Waals surface area (Å²) in [6, 6.07) is 7.83. The van der Waals surface area contributed by atoms with Gasteiger partial charge in [0.1, 0.15) is 0 Å². The van der Waals surface area contributed by atoms with Crippen molar-refractivity contribution in [3.63, 3.8) is 0 Å². The summed E-state index contributed by atoms with van der Waals surface area (Å²) in [5, 5.41) is 11.3. The van der Waals surface area contributed by atoms with Crippen LogP contribution in [0.1, 0.15) is 45.1 Å². The van der Waals surface area contributed by atoms with Gasteiger partial charge >= 0.3 is 0 Å². The molecule has 1 saturated carbocycles. The van der Waals surface area contributed by atoms with Gasteiger partial charge in [-0.1, -0.05) is 50.4 Å². The van der Waals surface area contributed by atoms with Gasteiger partial charge in [-0.3, -0.25) is 0 Å². The molecule has 1 fully saturated rings. The van der Waals surface area contributed by atoms with Gasteiger partial charge in [0.25, 0.3) is 0 Å².